The van der Waals surface area contributed by atoms with Crippen molar-refractivity contribution in [3.8, 4) is 0 Å². The zero-order chi connectivity index (χ0) is 17.2. The fourth-order valence-corrected chi connectivity index (χ4v) is 2.43. The largest absolute Gasteiger partial charge is 0.352 e. The minimum Gasteiger partial charge on any atom is -0.352 e. The van der Waals surface area contributed by atoms with Gasteiger partial charge in [-0.05, 0) is 37.0 Å². The number of aryl methyl sites for hydroxylation is 1. The number of anilines is 1. The third kappa shape index (κ3) is 5.54. The van der Waals surface area contributed by atoms with Crippen molar-refractivity contribution in [1.29, 1.82) is 0 Å². The van der Waals surface area contributed by atoms with Gasteiger partial charge in [0.05, 0.1) is 11.3 Å². The molecule has 2 amide bonds. The first-order valence-electron chi connectivity index (χ1n) is 8.41. The number of hydrogen-bond acceptors (Lipinski definition) is 2. The summed E-state index contributed by atoms with van der Waals surface area (Å²) >= 11 is 0. The summed E-state index contributed by atoms with van der Waals surface area (Å²) in [6, 6.07) is 17.2. The normalized spacial score (nSPS) is 10.2. The third-order valence-corrected chi connectivity index (χ3v) is 3.69. The molecule has 24 heavy (non-hydrogen) atoms. The van der Waals surface area contributed by atoms with Crippen LogP contribution in [0.25, 0.3) is 0 Å². The summed E-state index contributed by atoms with van der Waals surface area (Å²) in [5.74, 6) is -0.223. The molecular formula is C20H24N2O2. The third-order valence-electron chi connectivity index (χ3n) is 3.69. The Balaban J connectivity index is 1.88. The number of para-hydroxylation sites is 1. The molecule has 0 spiro atoms. The zero-order valence-corrected chi connectivity index (χ0v) is 14.0. The Morgan fingerprint density at radius 1 is 0.958 bits per heavy atom. The highest BCUT2D eigenvalue weighted by Crippen LogP contribution is 2.16. The highest BCUT2D eigenvalue weighted by Gasteiger charge is 2.12. The summed E-state index contributed by atoms with van der Waals surface area (Å²) in [4.78, 5) is 24.3. The second-order valence-corrected chi connectivity index (χ2v) is 5.69. The number of hydrogen-bond donors (Lipinski definition) is 2. The Kier molecular flexibility index (Phi) is 7.02. The lowest BCUT2D eigenvalue weighted by molar-refractivity contribution is -0.116. The average molecular weight is 324 g/mol. The van der Waals surface area contributed by atoms with Crippen LogP contribution in [0.15, 0.2) is 54.6 Å². The van der Waals surface area contributed by atoms with Crippen molar-refractivity contribution in [3.63, 3.8) is 0 Å². The fourth-order valence-electron chi connectivity index (χ4n) is 2.43. The number of carbonyl (C=O) groups is 2. The van der Waals surface area contributed by atoms with Crippen LogP contribution < -0.4 is 10.6 Å². The molecular weight excluding hydrogens is 300 g/mol. The van der Waals surface area contributed by atoms with Crippen molar-refractivity contribution in [2.45, 2.75) is 32.6 Å². The van der Waals surface area contributed by atoms with Gasteiger partial charge in [0.15, 0.2) is 0 Å². The lowest BCUT2D eigenvalue weighted by Crippen LogP contribution is -2.25. The lowest BCUT2D eigenvalue weighted by atomic mass is 10.1. The van der Waals surface area contributed by atoms with E-state index in [0.29, 0.717) is 24.2 Å². The minimum atomic E-state index is -0.156. The lowest BCUT2D eigenvalue weighted by Gasteiger charge is -2.11. The van der Waals surface area contributed by atoms with Gasteiger partial charge < -0.3 is 10.6 Å². The van der Waals surface area contributed by atoms with Crippen LogP contribution in [0, 0.1) is 0 Å². The molecule has 4 nitrogen and oxygen atoms in total. The van der Waals surface area contributed by atoms with Gasteiger partial charge in [-0.3, -0.25) is 9.59 Å². The molecule has 126 valence electrons. The quantitative estimate of drug-likeness (QED) is 0.776. The van der Waals surface area contributed by atoms with Crippen LogP contribution in [0.3, 0.4) is 0 Å². The van der Waals surface area contributed by atoms with Crippen LogP contribution in [0.4, 0.5) is 5.69 Å². The number of carbonyl (C=O) groups excluding carboxylic acids is 2. The summed E-state index contributed by atoms with van der Waals surface area (Å²) in [5, 5.41) is 5.69. The van der Waals surface area contributed by atoms with Gasteiger partial charge in [-0.2, -0.15) is 0 Å². The van der Waals surface area contributed by atoms with E-state index in [-0.39, 0.29) is 11.8 Å². The summed E-state index contributed by atoms with van der Waals surface area (Å²) < 4.78 is 0. The van der Waals surface area contributed by atoms with Crippen LogP contribution in [-0.4, -0.2) is 18.4 Å². The monoisotopic (exact) mass is 324 g/mol. The van der Waals surface area contributed by atoms with Gasteiger partial charge in [0.1, 0.15) is 0 Å². The fraction of sp³-hybridized carbons (Fsp3) is 0.300. The maximum absolute atomic E-state index is 12.1. The Morgan fingerprint density at radius 3 is 2.42 bits per heavy atom. The molecule has 0 aliphatic heterocycles. The molecule has 2 aromatic carbocycles. The van der Waals surface area contributed by atoms with Crippen LogP contribution in [-0.2, 0) is 11.2 Å². The molecule has 0 radical (unpaired) electrons. The van der Waals surface area contributed by atoms with E-state index in [4.69, 9.17) is 0 Å². The van der Waals surface area contributed by atoms with E-state index in [1.165, 1.54) is 5.56 Å². The standard InChI is InChI=1S/C20H24N2O2/c1-2-15-21-20(24)17-12-6-7-13-18(17)22-19(23)14-8-11-16-9-4-3-5-10-16/h3-7,9-10,12-13H,2,8,11,14-15H2,1H3,(H,21,24)(H,22,23). The number of benzene rings is 2. The molecule has 0 aliphatic carbocycles. The van der Waals surface area contributed by atoms with E-state index in [1.54, 1.807) is 18.2 Å². The molecule has 2 aromatic rings. The molecule has 0 saturated heterocycles. The van der Waals surface area contributed by atoms with Crippen LogP contribution >= 0.6 is 0 Å². The second-order valence-electron chi connectivity index (χ2n) is 5.69. The Morgan fingerprint density at radius 2 is 1.67 bits per heavy atom. The Labute approximate surface area is 143 Å². The summed E-state index contributed by atoms with van der Waals surface area (Å²) in [6.45, 7) is 2.62. The summed E-state index contributed by atoms with van der Waals surface area (Å²) in [6.07, 6.45) is 2.95. The van der Waals surface area contributed by atoms with Crippen molar-refractivity contribution >= 4 is 17.5 Å². The van der Waals surface area contributed by atoms with E-state index < -0.39 is 0 Å². The number of nitrogens with one attached hydrogen (secondary N) is 2. The molecule has 0 fully saturated rings. The van der Waals surface area contributed by atoms with Gasteiger partial charge in [-0.25, -0.2) is 0 Å². The molecule has 2 N–H and O–H groups in total. The molecule has 0 unspecified atom stereocenters. The van der Waals surface area contributed by atoms with E-state index in [1.807, 2.05) is 31.2 Å². The summed E-state index contributed by atoms with van der Waals surface area (Å²) in [5.41, 5.74) is 2.29. The number of rotatable bonds is 8. The predicted molar refractivity (Wildman–Crippen MR) is 97.1 cm³/mol. The molecule has 0 heterocycles. The van der Waals surface area contributed by atoms with E-state index in [2.05, 4.69) is 22.8 Å². The van der Waals surface area contributed by atoms with Crippen molar-refractivity contribution in [2.75, 3.05) is 11.9 Å². The first-order chi connectivity index (χ1) is 11.7. The highest BCUT2D eigenvalue weighted by atomic mass is 16.2. The molecule has 0 atom stereocenters. The summed E-state index contributed by atoms with van der Waals surface area (Å²) in [7, 11) is 0. The molecule has 4 heteroatoms. The smallest absolute Gasteiger partial charge is 0.253 e. The van der Waals surface area contributed by atoms with Gasteiger partial charge in [0, 0.05) is 13.0 Å². The van der Waals surface area contributed by atoms with Crippen molar-refractivity contribution in [2.24, 2.45) is 0 Å². The topological polar surface area (TPSA) is 58.2 Å². The Bertz CT molecular complexity index is 668. The van der Waals surface area contributed by atoms with E-state index >= 15 is 0 Å². The van der Waals surface area contributed by atoms with Crippen molar-refractivity contribution in [1.82, 2.24) is 5.32 Å². The van der Waals surface area contributed by atoms with Gasteiger partial charge in [0.2, 0.25) is 5.91 Å². The van der Waals surface area contributed by atoms with Gasteiger partial charge in [0.25, 0.3) is 5.91 Å². The molecule has 0 aliphatic rings. The highest BCUT2D eigenvalue weighted by molar-refractivity contribution is 6.03. The zero-order valence-electron chi connectivity index (χ0n) is 14.0. The van der Waals surface area contributed by atoms with Gasteiger partial charge >= 0.3 is 0 Å². The van der Waals surface area contributed by atoms with Crippen LogP contribution in [0.1, 0.15) is 42.1 Å². The van der Waals surface area contributed by atoms with E-state index in [9.17, 15) is 9.59 Å². The van der Waals surface area contributed by atoms with E-state index in [0.717, 1.165) is 19.3 Å². The maximum atomic E-state index is 12.1. The van der Waals surface area contributed by atoms with Crippen LogP contribution in [0.5, 0.6) is 0 Å². The maximum Gasteiger partial charge on any atom is 0.253 e. The van der Waals surface area contributed by atoms with Gasteiger partial charge in [-0.1, -0.05) is 49.4 Å². The van der Waals surface area contributed by atoms with Crippen molar-refractivity contribution < 1.29 is 9.59 Å². The van der Waals surface area contributed by atoms with Gasteiger partial charge in [-0.15, -0.1) is 0 Å². The molecule has 0 bridgehead atoms. The second kappa shape index (κ2) is 9.50. The van der Waals surface area contributed by atoms with Crippen molar-refractivity contribution in [3.05, 3.63) is 65.7 Å². The molecule has 2 rings (SSSR count). The van der Waals surface area contributed by atoms with Crippen LogP contribution in [0.2, 0.25) is 0 Å². The molecule has 0 aromatic heterocycles. The SMILES string of the molecule is CCCNC(=O)c1ccccc1NC(=O)CCCc1ccccc1. The molecule has 0 saturated carbocycles. The first-order valence-corrected chi connectivity index (χ1v) is 8.41. The number of amides is 2. The minimum absolute atomic E-state index is 0.0679. The first kappa shape index (κ1) is 17.7. The predicted octanol–water partition coefficient (Wildman–Crippen LogP) is 3.79. The average Bonchev–Trinajstić information content (AvgIpc) is 2.61. The Hall–Kier alpha value is -2.62.